The van der Waals surface area contributed by atoms with Crippen LogP contribution < -0.4 is 10.0 Å². The quantitative estimate of drug-likeness (QED) is 0.524. The molecule has 0 unspecified atom stereocenters. The lowest BCUT2D eigenvalue weighted by Gasteiger charge is -2.04. The molecule has 2 N–H and O–H groups in total. The summed E-state index contributed by atoms with van der Waals surface area (Å²) >= 11 is 2.71. The number of thiazole rings is 1. The van der Waals surface area contributed by atoms with E-state index in [2.05, 4.69) is 15.0 Å². The Balaban J connectivity index is 1.56. The minimum Gasteiger partial charge on any atom is -0.351 e. The van der Waals surface area contributed by atoms with Gasteiger partial charge in [0.05, 0.1) is 27.4 Å². The van der Waals surface area contributed by atoms with Crippen molar-refractivity contribution >= 4 is 54.9 Å². The first-order valence-corrected chi connectivity index (χ1v) is 11.8. The van der Waals surface area contributed by atoms with Crippen LogP contribution in [0.15, 0.2) is 46.8 Å². The molecule has 10 heteroatoms. The summed E-state index contributed by atoms with van der Waals surface area (Å²) < 4.78 is 40.3. The molecular weight excluding hydrogens is 421 g/mol. The Hall–Kier alpha value is -2.17. The number of anilines is 1. The van der Waals surface area contributed by atoms with Gasteiger partial charge in [-0.05, 0) is 42.8 Å². The van der Waals surface area contributed by atoms with Crippen LogP contribution in [0.1, 0.15) is 12.5 Å². The molecule has 6 nitrogen and oxygen atoms in total. The third-order valence-electron chi connectivity index (χ3n) is 3.75. The number of halogens is 1. The monoisotopic (exact) mass is 439 g/mol. The van der Waals surface area contributed by atoms with Crippen molar-refractivity contribution in [3.8, 4) is 0 Å². The van der Waals surface area contributed by atoms with Gasteiger partial charge in [-0.2, -0.15) is 0 Å². The summed E-state index contributed by atoms with van der Waals surface area (Å²) in [6, 6.07) is 11.1. The van der Waals surface area contributed by atoms with Crippen molar-refractivity contribution < 1.29 is 17.6 Å². The summed E-state index contributed by atoms with van der Waals surface area (Å²) in [7, 11) is -3.33. The van der Waals surface area contributed by atoms with Gasteiger partial charge in [0.25, 0.3) is 0 Å². The van der Waals surface area contributed by atoms with Crippen LogP contribution in [-0.4, -0.2) is 30.8 Å². The number of hydrogen-bond acceptors (Lipinski definition) is 6. The summed E-state index contributed by atoms with van der Waals surface area (Å²) in [5, 5.41) is 2.78. The zero-order chi connectivity index (χ0) is 20.1. The van der Waals surface area contributed by atoms with Crippen LogP contribution in [0.4, 0.5) is 10.1 Å². The molecule has 0 saturated carbocycles. The van der Waals surface area contributed by atoms with Crippen LogP contribution >= 0.6 is 23.1 Å². The Morgan fingerprint density at radius 2 is 1.96 bits per heavy atom. The van der Waals surface area contributed by atoms with Crippen LogP contribution in [0.2, 0.25) is 0 Å². The number of amides is 1. The Morgan fingerprint density at radius 3 is 2.68 bits per heavy atom. The number of sulfonamides is 1. The molecule has 0 radical (unpaired) electrons. The normalized spacial score (nSPS) is 11.5. The highest BCUT2D eigenvalue weighted by molar-refractivity contribution is 8.01. The Labute approximate surface area is 170 Å². The van der Waals surface area contributed by atoms with Gasteiger partial charge in [0.2, 0.25) is 15.9 Å². The molecular formula is C18H18FN3O3S3. The number of nitrogens with zero attached hydrogens (tertiary/aromatic N) is 1. The Bertz CT molecular complexity index is 1080. The highest BCUT2D eigenvalue weighted by Crippen LogP contribution is 2.31. The van der Waals surface area contributed by atoms with E-state index in [-0.39, 0.29) is 23.2 Å². The summed E-state index contributed by atoms with van der Waals surface area (Å²) in [5.74, 6) is -0.254. The maximum absolute atomic E-state index is 12.9. The Kier molecular flexibility index (Phi) is 6.53. The highest BCUT2D eigenvalue weighted by Gasteiger charge is 2.11. The number of aromatic nitrogens is 1. The first kappa shape index (κ1) is 20.6. The van der Waals surface area contributed by atoms with Crippen LogP contribution in [-0.2, 0) is 21.4 Å². The standard InChI is InChI=1S/C18H18FN3O3S3/c1-2-28(24,25)22-14-7-8-15-16(9-14)27-18(21-15)26-11-17(23)20-10-12-3-5-13(19)6-4-12/h3-9,22H,2,10-11H2,1H3,(H,20,23). The molecule has 0 aliphatic carbocycles. The average Bonchev–Trinajstić information content (AvgIpc) is 3.08. The van der Waals surface area contributed by atoms with Gasteiger partial charge >= 0.3 is 0 Å². The molecule has 0 aliphatic rings. The van der Waals surface area contributed by atoms with Gasteiger partial charge in [-0.15, -0.1) is 11.3 Å². The molecule has 148 valence electrons. The topological polar surface area (TPSA) is 88.2 Å². The number of thioether (sulfide) groups is 1. The van der Waals surface area contributed by atoms with Crippen molar-refractivity contribution in [2.45, 2.75) is 17.8 Å². The average molecular weight is 440 g/mol. The number of nitrogens with one attached hydrogen (secondary N) is 2. The molecule has 0 atom stereocenters. The number of fused-ring (bicyclic) bond motifs is 1. The van der Waals surface area contributed by atoms with Crippen molar-refractivity contribution in [3.63, 3.8) is 0 Å². The van der Waals surface area contributed by atoms with E-state index in [9.17, 15) is 17.6 Å². The van der Waals surface area contributed by atoms with E-state index in [1.165, 1.54) is 35.2 Å². The lowest BCUT2D eigenvalue weighted by molar-refractivity contribution is -0.118. The van der Waals surface area contributed by atoms with E-state index >= 15 is 0 Å². The zero-order valence-electron chi connectivity index (χ0n) is 14.9. The maximum atomic E-state index is 12.9. The smallest absolute Gasteiger partial charge is 0.232 e. The fourth-order valence-corrected chi connectivity index (χ4v) is 4.83. The maximum Gasteiger partial charge on any atom is 0.232 e. The number of hydrogen-bond donors (Lipinski definition) is 2. The summed E-state index contributed by atoms with van der Waals surface area (Å²) in [6.45, 7) is 1.91. The van der Waals surface area contributed by atoms with E-state index < -0.39 is 10.0 Å². The molecule has 28 heavy (non-hydrogen) atoms. The first-order valence-electron chi connectivity index (χ1n) is 8.39. The number of carbonyl (C=O) groups excluding carboxylic acids is 1. The van der Waals surface area contributed by atoms with Crippen LogP contribution in [0.25, 0.3) is 10.2 Å². The van der Waals surface area contributed by atoms with Gasteiger partial charge in [-0.25, -0.2) is 17.8 Å². The summed E-state index contributed by atoms with van der Waals surface area (Å²) in [4.78, 5) is 16.5. The second kappa shape index (κ2) is 8.89. The molecule has 0 bridgehead atoms. The third-order valence-corrected chi connectivity index (χ3v) is 7.22. The molecule has 2 aromatic carbocycles. The summed E-state index contributed by atoms with van der Waals surface area (Å²) in [5.41, 5.74) is 2.06. The molecule has 0 aliphatic heterocycles. The summed E-state index contributed by atoms with van der Waals surface area (Å²) in [6.07, 6.45) is 0. The van der Waals surface area contributed by atoms with Crippen molar-refractivity contribution in [3.05, 3.63) is 53.8 Å². The predicted octanol–water partition coefficient (Wildman–Crippen LogP) is 3.61. The number of benzene rings is 2. The van der Waals surface area contributed by atoms with Gasteiger partial charge in [0.1, 0.15) is 5.82 Å². The highest BCUT2D eigenvalue weighted by atomic mass is 32.2. The van der Waals surface area contributed by atoms with Crippen molar-refractivity contribution in [2.24, 2.45) is 0 Å². The van der Waals surface area contributed by atoms with E-state index in [0.717, 1.165) is 20.1 Å². The molecule has 0 fully saturated rings. The second-order valence-electron chi connectivity index (χ2n) is 5.86. The minimum absolute atomic E-state index is 0.00185. The number of carbonyl (C=O) groups is 1. The largest absolute Gasteiger partial charge is 0.351 e. The van der Waals surface area contributed by atoms with Crippen LogP contribution in [0.3, 0.4) is 0 Å². The molecule has 1 amide bonds. The second-order valence-corrected chi connectivity index (χ2v) is 10.1. The van der Waals surface area contributed by atoms with E-state index in [1.807, 2.05) is 0 Å². The lowest BCUT2D eigenvalue weighted by Crippen LogP contribution is -2.24. The predicted molar refractivity (Wildman–Crippen MR) is 112 cm³/mol. The van der Waals surface area contributed by atoms with E-state index in [0.29, 0.717) is 12.2 Å². The van der Waals surface area contributed by atoms with E-state index in [4.69, 9.17) is 0 Å². The lowest BCUT2D eigenvalue weighted by atomic mass is 10.2. The Morgan fingerprint density at radius 1 is 1.21 bits per heavy atom. The van der Waals surface area contributed by atoms with Crippen molar-refractivity contribution in [2.75, 3.05) is 16.2 Å². The third kappa shape index (κ3) is 5.66. The number of rotatable bonds is 8. The molecule has 0 saturated heterocycles. The minimum atomic E-state index is -3.33. The fraction of sp³-hybridized carbons (Fsp3) is 0.222. The van der Waals surface area contributed by atoms with Crippen LogP contribution in [0, 0.1) is 5.82 Å². The van der Waals surface area contributed by atoms with Crippen molar-refractivity contribution in [1.29, 1.82) is 0 Å². The van der Waals surface area contributed by atoms with Gasteiger partial charge in [-0.3, -0.25) is 9.52 Å². The van der Waals surface area contributed by atoms with E-state index in [1.54, 1.807) is 37.3 Å². The molecule has 1 aromatic heterocycles. The fourth-order valence-electron chi connectivity index (χ4n) is 2.26. The van der Waals surface area contributed by atoms with Crippen LogP contribution in [0.5, 0.6) is 0 Å². The SMILES string of the molecule is CCS(=O)(=O)Nc1ccc2nc(SCC(=O)NCc3ccc(F)cc3)sc2c1. The molecule has 0 spiro atoms. The van der Waals surface area contributed by atoms with Gasteiger partial charge in [-0.1, -0.05) is 23.9 Å². The molecule has 3 aromatic rings. The molecule has 1 heterocycles. The van der Waals surface area contributed by atoms with Gasteiger partial charge in [0, 0.05) is 6.54 Å². The first-order chi connectivity index (χ1) is 13.3. The van der Waals surface area contributed by atoms with Gasteiger partial charge in [0.15, 0.2) is 4.34 Å². The van der Waals surface area contributed by atoms with Gasteiger partial charge < -0.3 is 5.32 Å². The molecule has 3 rings (SSSR count). The zero-order valence-corrected chi connectivity index (χ0v) is 17.4. The van der Waals surface area contributed by atoms with Crippen molar-refractivity contribution in [1.82, 2.24) is 10.3 Å².